The molecule has 5 nitrogen and oxygen atoms in total. The summed E-state index contributed by atoms with van der Waals surface area (Å²) >= 11 is 1.80. The number of hydrogen-bond acceptors (Lipinski definition) is 3. The van der Waals surface area contributed by atoms with Gasteiger partial charge in [-0.1, -0.05) is 33.8 Å². The fraction of sp³-hybridized carbons (Fsp3) is 0.579. The van der Waals surface area contributed by atoms with Gasteiger partial charge in [-0.2, -0.15) is 0 Å². The molecule has 0 aliphatic carbocycles. The van der Waals surface area contributed by atoms with Gasteiger partial charge < -0.3 is 15.2 Å². The molecule has 0 spiro atoms. The molecule has 0 aromatic carbocycles. The first-order chi connectivity index (χ1) is 11.9. The minimum absolute atomic E-state index is 0.0699. The lowest BCUT2D eigenvalue weighted by molar-refractivity contribution is 0.505. The predicted octanol–water partition coefficient (Wildman–Crippen LogP) is 3.63. The van der Waals surface area contributed by atoms with Gasteiger partial charge in [0.1, 0.15) is 12.4 Å². The summed E-state index contributed by atoms with van der Waals surface area (Å²) in [7, 11) is 0. The number of imidazole rings is 1. The van der Waals surface area contributed by atoms with E-state index in [2.05, 4.69) is 72.3 Å². The van der Waals surface area contributed by atoms with E-state index in [9.17, 15) is 0 Å². The molecule has 0 saturated heterocycles. The lowest BCUT2D eigenvalue weighted by Crippen LogP contribution is -2.43. The van der Waals surface area contributed by atoms with Crippen molar-refractivity contribution in [1.82, 2.24) is 20.2 Å². The highest BCUT2D eigenvalue weighted by molar-refractivity contribution is 7.10. The van der Waals surface area contributed by atoms with Gasteiger partial charge in [0.15, 0.2) is 5.96 Å². The molecule has 6 heteroatoms. The molecule has 0 bridgehead atoms. The van der Waals surface area contributed by atoms with Gasteiger partial charge in [0.25, 0.3) is 0 Å². The van der Waals surface area contributed by atoms with E-state index in [0.717, 1.165) is 31.4 Å². The Labute approximate surface area is 155 Å². The van der Waals surface area contributed by atoms with Gasteiger partial charge in [-0.05, 0) is 24.3 Å². The molecule has 0 fully saturated rings. The Kier molecular flexibility index (Phi) is 7.05. The summed E-state index contributed by atoms with van der Waals surface area (Å²) in [5.41, 5.74) is 0.0699. The highest BCUT2D eigenvalue weighted by Crippen LogP contribution is 2.26. The number of nitrogens with one attached hydrogen (secondary N) is 2. The average Bonchev–Trinajstić information content (AvgIpc) is 3.22. The van der Waals surface area contributed by atoms with Crippen molar-refractivity contribution in [2.75, 3.05) is 13.1 Å². The highest BCUT2D eigenvalue weighted by Gasteiger charge is 2.21. The molecule has 25 heavy (non-hydrogen) atoms. The van der Waals surface area contributed by atoms with Crippen molar-refractivity contribution in [3.05, 3.63) is 40.6 Å². The fourth-order valence-electron chi connectivity index (χ4n) is 2.60. The molecule has 0 unspecified atom stereocenters. The Morgan fingerprint density at radius 2 is 2.16 bits per heavy atom. The Morgan fingerprint density at radius 1 is 1.36 bits per heavy atom. The number of aromatic nitrogens is 2. The first-order valence-electron chi connectivity index (χ1n) is 8.98. The maximum absolute atomic E-state index is 4.72. The summed E-state index contributed by atoms with van der Waals surface area (Å²) in [5.74, 6) is 2.43. The molecule has 0 radical (unpaired) electrons. The van der Waals surface area contributed by atoms with Crippen LogP contribution in [0.4, 0.5) is 0 Å². The molecule has 2 aromatic rings. The molecular formula is C19H31N5S. The first-order valence-corrected chi connectivity index (χ1v) is 9.86. The molecule has 138 valence electrons. The number of nitrogens with zero attached hydrogens (tertiary/aromatic N) is 3. The maximum atomic E-state index is 4.72. The Balaban J connectivity index is 2.00. The Bertz CT molecular complexity index is 655. The third kappa shape index (κ3) is 5.88. The van der Waals surface area contributed by atoms with Crippen LogP contribution >= 0.6 is 11.3 Å². The van der Waals surface area contributed by atoms with Crippen LogP contribution in [-0.2, 0) is 18.5 Å². The largest absolute Gasteiger partial charge is 0.357 e. The summed E-state index contributed by atoms with van der Waals surface area (Å²) in [6, 6.07) is 4.30. The Morgan fingerprint density at radius 3 is 2.80 bits per heavy atom. The van der Waals surface area contributed by atoms with Crippen molar-refractivity contribution in [1.29, 1.82) is 0 Å². The van der Waals surface area contributed by atoms with Crippen LogP contribution in [0.15, 0.2) is 34.9 Å². The van der Waals surface area contributed by atoms with E-state index in [-0.39, 0.29) is 5.41 Å². The van der Waals surface area contributed by atoms with Crippen molar-refractivity contribution >= 4 is 17.3 Å². The van der Waals surface area contributed by atoms with Crippen molar-refractivity contribution in [3.8, 4) is 0 Å². The standard InChI is InChI=1S/C19H31N5S/c1-6-20-18(23-14-19(4,5)16-8-7-11-25-16)22-12-17-21-9-10-24(17)13-15(2)3/h7-11,15H,6,12-14H2,1-5H3,(H2,20,22,23). The summed E-state index contributed by atoms with van der Waals surface area (Å²) in [6.07, 6.45) is 3.89. The van der Waals surface area contributed by atoms with Gasteiger partial charge in [0.05, 0.1) is 0 Å². The monoisotopic (exact) mass is 361 g/mol. The second kappa shape index (κ2) is 9.04. The molecule has 0 amide bonds. The van der Waals surface area contributed by atoms with Crippen LogP contribution in [0.3, 0.4) is 0 Å². The first kappa shape index (κ1) is 19.5. The molecule has 2 aromatic heterocycles. The van der Waals surface area contributed by atoms with E-state index in [1.165, 1.54) is 4.88 Å². The van der Waals surface area contributed by atoms with Gasteiger partial charge in [-0.25, -0.2) is 9.98 Å². The average molecular weight is 362 g/mol. The van der Waals surface area contributed by atoms with Crippen LogP contribution in [0.2, 0.25) is 0 Å². The van der Waals surface area contributed by atoms with Crippen molar-refractivity contribution < 1.29 is 0 Å². The zero-order valence-electron chi connectivity index (χ0n) is 16.0. The molecule has 0 aliphatic rings. The molecule has 2 heterocycles. The topological polar surface area (TPSA) is 54.2 Å². The van der Waals surface area contributed by atoms with Crippen molar-refractivity contribution in [2.45, 2.75) is 53.1 Å². The SMILES string of the molecule is CCNC(=NCc1nccn1CC(C)C)NCC(C)(C)c1cccs1. The van der Waals surface area contributed by atoms with Crippen molar-refractivity contribution in [3.63, 3.8) is 0 Å². The number of thiophene rings is 1. The van der Waals surface area contributed by atoms with Gasteiger partial charge in [-0.15, -0.1) is 11.3 Å². The van der Waals surface area contributed by atoms with Crippen LogP contribution in [0.1, 0.15) is 45.3 Å². The van der Waals surface area contributed by atoms with Crippen molar-refractivity contribution in [2.24, 2.45) is 10.9 Å². The van der Waals surface area contributed by atoms with E-state index in [1.807, 2.05) is 12.4 Å². The smallest absolute Gasteiger partial charge is 0.191 e. The molecule has 2 N–H and O–H groups in total. The molecular weight excluding hydrogens is 330 g/mol. The number of hydrogen-bond donors (Lipinski definition) is 2. The molecule has 0 saturated carbocycles. The molecule has 2 rings (SSSR count). The molecule has 0 atom stereocenters. The third-order valence-electron chi connectivity index (χ3n) is 3.97. The normalized spacial score (nSPS) is 12.6. The van der Waals surface area contributed by atoms with E-state index < -0.39 is 0 Å². The van der Waals surface area contributed by atoms with E-state index in [1.54, 1.807) is 11.3 Å². The fourth-order valence-corrected chi connectivity index (χ4v) is 3.45. The third-order valence-corrected chi connectivity index (χ3v) is 5.21. The zero-order valence-corrected chi connectivity index (χ0v) is 16.9. The van der Waals surface area contributed by atoms with Crippen LogP contribution in [-0.4, -0.2) is 28.6 Å². The number of rotatable bonds is 8. The number of aliphatic imine (C=N–C) groups is 1. The second-order valence-electron chi connectivity index (χ2n) is 7.30. The zero-order chi connectivity index (χ0) is 18.3. The second-order valence-corrected chi connectivity index (χ2v) is 8.25. The molecule has 0 aliphatic heterocycles. The lowest BCUT2D eigenvalue weighted by atomic mass is 9.91. The summed E-state index contributed by atoms with van der Waals surface area (Å²) < 4.78 is 2.19. The van der Waals surface area contributed by atoms with Crippen LogP contribution in [0.25, 0.3) is 0 Å². The van der Waals surface area contributed by atoms with Crippen LogP contribution in [0.5, 0.6) is 0 Å². The van der Waals surface area contributed by atoms with Gasteiger partial charge >= 0.3 is 0 Å². The van der Waals surface area contributed by atoms with E-state index >= 15 is 0 Å². The number of guanidine groups is 1. The van der Waals surface area contributed by atoms with Crippen LogP contribution < -0.4 is 10.6 Å². The van der Waals surface area contributed by atoms with E-state index in [4.69, 9.17) is 4.99 Å². The quantitative estimate of drug-likeness (QED) is 0.557. The maximum Gasteiger partial charge on any atom is 0.191 e. The highest BCUT2D eigenvalue weighted by atomic mass is 32.1. The van der Waals surface area contributed by atoms with Gasteiger partial charge in [-0.3, -0.25) is 0 Å². The summed E-state index contributed by atoms with van der Waals surface area (Å²) in [4.78, 5) is 10.6. The van der Waals surface area contributed by atoms with Gasteiger partial charge in [0.2, 0.25) is 0 Å². The van der Waals surface area contributed by atoms with E-state index in [0.29, 0.717) is 12.5 Å². The van der Waals surface area contributed by atoms with Gasteiger partial charge in [0, 0.05) is 42.3 Å². The lowest BCUT2D eigenvalue weighted by Gasteiger charge is -2.25. The van der Waals surface area contributed by atoms with Crippen LogP contribution in [0, 0.1) is 5.92 Å². The Hall–Kier alpha value is -1.82. The summed E-state index contributed by atoms with van der Waals surface area (Å²) in [5, 5.41) is 8.94. The predicted molar refractivity (Wildman–Crippen MR) is 107 cm³/mol. The minimum Gasteiger partial charge on any atom is -0.357 e. The minimum atomic E-state index is 0.0699. The summed E-state index contributed by atoms with van der Waals surface area (Å²) in [6.45, 7) is 14.2.